The minimum Gasteiger partial charge on any atom is -0.493 e. The smallest absolute Gasteiger partial charge is 0.405 e. The van der Waals surface area contributed by atoms with E-state index in [1.807, 2.05) is 0 Å². The van der Waals surface area contributed by atoms with Gasteiger partial charge in [-0.25, -0.2) is 4.98 Å². The first-order valence-electron chi connectivity index (χ1n) is 7.56. The summed E-state index contributed by atoms with van der Waals surface area (Å²) in [5, 5.41) is 11.0. The van der Waals surface area contributed by atoms with Crippen molar-refractivity contribution in [1.29, 1.82) is 0 Å². The van der Waals surface area contributed by atoms with E-state index in [2.05, 4.69) is 20.5 Å². The molecule has 0 saturated heterocycles. The lowest BCUT2D eigenvalue weighted by molar-refractivity contribution is -0.115. The number of halogens is 3. The second-order valence-electron chi connectivity index (χ2n) is 5.38. The van der Waals surface area contributed by atoms with E-state index in [1.54, 1.807) is 24.4 Å². The van der Waals surface area contributed by atoms with Crippen LogP contribution in [0.25, 0.3) is 22.0 Å². The zero-order valence-electron chi connectivity index (χ0n) is 14.0. The highest BCUT2D eigenvalue weighted by molar-refractivity contribution is 5.95. The van der Waals surface area contributed by atoms with Gasteiger partial charge in [-0.3, -0.25) is 0 Å². The number of ether oxygens (including phenoxy) is 2. The van der Waals surface area contributed by atoms with Crippen molar-refractivity contribution in [2.75, 3.05) is 26.1 Å². The van der Waals surface area contributed by atoms with Crippen molar-refractivity contribution in [3.05, 3.63) is 36.7 Å². The van der Waals surface area contributed by atoms with Crippen LogP contribution in [0, 0.1) is 0 Å². The SMILES string of the molecule is COc1cc2nncc(-c3ccc(NCC(F)(F)F)nc3)c2cc1OC. The van der Waals surface area contributed by atoms with Gasteiger partial charge < -0.3 is 14.8 Å². The second-order valence-corrected chi connectivity index (χ2v) is 5.38. The topological polar surface area (TPSA) is 69.2 Å². The average molecular weight is 364 g/mol. The maximum absolute atomic E-state index is 12.3. The molecule has 26 heavy (non-hydrogen) atoms. The van der Waals surface area contributed by atoms with Crippen LogP contribution in [0.3, 0.4) is 0 Å². The van der Waals surface area contributed by atoms with E-state index in [9.17, 15) is 13.2 Å². The Hall–Kier alpha value is -3.10. The fourth-order valence-electron chi connectivity index (χ4n) is 2.46. The van der Waals surface area contributed by atoms with Crippen molar-refractivity contribution in [2.24, 2.45) is 0 Å². The Labute approximate surface area is 147 Å². The standard InChI is InChI=1S/C17H15F3N4O2/c1-25-14-5-11-12(8-23-24-13(11)6-15(14)26-2)10-3-4-16(21-7-10)22-9-17(18,19)20/h3-8H,9H2,1-2H3,(H,21,22). The number of aromatic nitrogens is 3. The Morgan fingerprint density at radius 2 is 1.77 bits per heavy atom. The summed E-state index contributed by atoms with van der Waals surface area (Å²) in [6.07, 6.45) is -1.26. The molecule has 1 N–H and O–H groups in total. The molecule has 6 nitrogen and oxygen atoms in total. The van der Waals surface area contributed by atoms with E-state index >= 15 is 0 Å². The van der Waals surface area contributed by atoms with Gasteiger partial charge >= 0.3 is 6.18 Å². The van der Waals surface area contributed by atoms with Gasteiger partial charge in [-0.05, 0) is 18.2 Å². The van der Waals surface area contributed by atoms with Gasteiger partial charge in [-0.1, -0.05) is 0 Å². The quantitative estimate of drug-likeness (QED) is 0.745. The van der Waals surface area contributed by atoms with Crippen molar-refractivity contribution in [2.45, 2.75) is 6.18 Å². The largest absolute Gasteiger partial charge is 0.493 e. The number of hydrogen-bond donors (Lipinski definition) is 1. The Balaban J connectivity index is 1.97. The number of hydrogen-bond acceptors (Lipinski definition) is 6. The van der Waals surface area contributed by atoms with Gasteiger partial charge in [0, 0.05) is 28.8 Å². The summed E-state index contributed by atoms with van der Waals surface area (Å²) in [5.74, 6) is 1.19. The highest BCUT2D eigenvalue weighted by Gasteiger charge is 2.26. The van der Waals surface area contributed by atoms with Crippen molar-refractivity contribution < 1.29 is 22.6 Å². The van der Waals surface area contributed by atoms with E-state index in [-0.39, 0.29) is 5.82 Å². The molecule has 0 atom stereocenters. The molecule has 1 aromatic carbocycles. The van der Waals surface area contributed by atoms with Gasteiger partial charge in [-0.2, -0.15) is 23.4 Å². The lowest BCUT2D eigenvalue weighted by atomic mass is 10.0. The number of methoxy groups -OCH3 is 2. The average Bonchev–Trinajstić information content (AvgIpc) is 2.64. The molecule has 0 unspecified atom stereocenters. The van der Waals surface area contributed by atoms with Gasteiger partial charge in [0.15, 0.2) is 11.5 Å². The number of benzene rings is 1. The monoisotopic (exact) mass is 364 g/mol. The van der Waals surface area contributed by atoms with E-state index in [1.165, 1.54) is 26.5 Å². The molecule has 0 fully saturated rings. The molecule has 0 aliphatic carbocycles. The number of nitrogens with one attached hydrogen (secondary N) is 1. The van der Waals surface area contributed by atoms with E-state index in [4.69, 9.17) is 9.47 Å². The Bertz CT molecular complexity index is 914. The zero-order chi connectivity index (χ0) is 18.7. The number of anilines is 1. The first-order chi connectivity index (χ1) is 12.4. The van der Waals surface area contributed by atoms with Crippen molar-refractivity contribution in [3.63, 3.8) is 0 Å². The summed E-state index contributed by atoms with van der Waals surface area (Å²) in [7, 11) is 3.05. The van der Waals surface area contributed by atoms with Crippen molar-refractivity contribution in [1.82, 2.24) is 15.2 Å². The Kier molecular flexibility index (Phi) is 4.79. The van der Waals surface area contributed by atoms with Gasteiger partial charge in [0.2, 0.25) is 0 Å². The summed E-state index contributed by atoms with van der Waals surface area (Å²) in [6, 6.07) is 6.62. The molecule has 0 aliphatic rings. The number of rotatable bonds is 5. The van der Waals surface area contributed by atoms with Crippen molar-refractivity contribution >= 4 is 16.7 Å². The van der Waals surface area contributed by atoms with Crippen LogP contribution in [-0.4, -0.2) is 42.1 Å². The van der Waals surface area contributed by atoms with Crippen LogP contribution in [0.4, 0.5) is 19.0 Å². The molecule has 0 aliphatic heterocycles. The van der Waals surface area contributed by atoms with E-state index in [0.29, 0.717) is 22.6 Å². The van der Waals surface area contributed by atoms with E-state index < -0.39 is 12.7 Å². The summed E-state index contributed by atoms with van der Waals surface area (Å²) in [4.78, 5) is 4.03. The first kappa shape index (κ1) is 17.7. The second kappa shape index (κ2) is 7.03. The Morgan fingerprint density at radius 1 is 1.04 bits per heavy atom. The first-order valence-corrected chi connectivity index (χ1v) is 7.56. The molecule has 9 heteroatoms. The Morgan fingerprint density at radius 3 is 2.38 bits per heavy atom. The molecule has 3 aromatic rings. The minimum absolute atomic E-state index is 0.136. The van der Waals surface area contributed by atoms with Crippen LogP contribution in [-0.2, 0) is 0 Å². The van der Waals surface area contributed by atoms with Crippen LogP contribution in [0.2, 0.25) is 0 Å². The van der Waals surface area contributed by atoms with Gasteiger partial charge in [0.05, 0.1) is 25.9 Å². The molecule has 0 bridgehead atoms. The molecule has 3 rings (SSSR count). The molecule has 0 radical (unpaired) electrons. The van der Waals surface area contributed by atoms with Crippen molar-refractivity contribution in [3.8, 4) is 22.6 Å². The molecule has 2 aromatic heterocycles. The van der Waals surface area contributed by atoms with E-state index in [0.717, 1.165) is 10.9 Å². The summed E-state index contributed by atoms with van der Waals surface area (Å²) < 4.78 is 47.4. The number of pyridine rings is 1. The highest BCUT2D eigenvalue weighted by atomic mass is 19.4. The van der Waals surface area contributed by atoms with Crippen LogP contribution in [0.1, 0.15) is 0 Å². The summed E-state index contributed by atoms with van der Waals surface area (Å²) >= 11 is 0. The molecule has 0 spiro atoms. The predicted molar refractivity (Wildman–Crippen MR) is 90.4 cm³/mol. The lowest BCUT2D eigenvalue weighted by Crippen LogP contribution is -2.21. The lowest BCUT2D eigenvalue weighted by Gasteiger charge is -2.12. The molecular weight excluding hydrogens is 349 g/mol. The zero-order valence-corrected chi connectivity index (χ0v) is 14.0. The third kappa shape index (κ3) is 3.76. The predicted octanol–water partition coefficient (Wildman–Crippen LogP) is 3.68. The third-order valence-corrected chi connectivity index (χ3v) is 3.69. The molecule has 2 heterocycles. The molecule has 0 amide bonds. The summed E-state index contributed by atoms with van der Waals surface area (Å²) in [6.45, 7) is -1.14. The minimum atomic E-state index is -4.30. The normalized spacial score (nSPS) is 11.4. The maximum atomic E-state index is 12.3. The van der Waals surface area contributed by atoms with Gasteiger partial charge in [0.1, 0.15) is 12.4 Å². The van der Waals surface area contributed by atoms with Gasteiger partial charge in [0.25, 0.3) is 0 Å². The van der Waals surface area contributed by atoms with Crippen LogP contribution in [0.5, 0.6) is 11.5 Å². The van der Waals surface area contributed by atoms with Gasteiger partial charge in [-0.15, -0.1) is 0 Å². The van der Waals surface area contributed by atoms with Crippen LogP contribution >= 0.6 is 0 Å². The van der Waals surface area contributed by atoms with Crippen LogP contribution in [0.15, 0.2) is 36.7 Å². The molecule has 0 saturated carbocycles. The highest BCUT2D eigenvalue weighted by Crippen LogP contribution is 2.35. The van der Waals surface area contributed by atoms with Crippen LogP contribution < -0.4 is 14.8 Å². The maximum Gasteiger partial charge on any atom is 0.405 e. The summed E-state index contributed by atoms with van der Waals surface area (Å²) in [5.41, 5.74) is 2.01. The fraction of sp³-hybridized carbons (Fsp3) is 0.235. The molecular formula is C17H15F3N4O2. The fourth-order valence-corrected chi connectivity index (χ4v) is 2.46. The number of fused-ring (bicyclic) bond motifs is 1. The number of alkyl halides is 3. The number of nitrogens with zero attached hydrogens (tertiary/aromatic N) is 3. The third-order valence-electron chi connectivity index (χ3n) is 3.69. The molecule has 136 valence electrons.